The summed E-state index contributed by atoms with van der Waals surface area (Å²) in [5.41, 5.74) is 2.04. The van der Waals surface area contributed by atoms with Gasteiger partial charge in [-0.15, -0.1) is 10.2 Å². The fraction of sp³-hybridized carbons (Fsp3) is 0.524. The molecule has 4 rings (SSSR count). The summed E-state index contributed by atoms with van der Waals surface area (Å²) in [4.78, 5) is 22.8. The molecule has 8 heteroatoms. The van der Waals surface area contributed by atoms with Gasteiger partial charge < -0.3 is 4.98 Å². The normalized spacial score (nSPS) is 18.2. The minimum absolute atomic E-state index is 0.0222. The van der Waals surface area contributed by atoms with E-state index in [9.17, 15) is 4.79 Å². The van der Waals surface area contributed by atoms with Gasteiger partial charge in [0.15, 0.2) is 0 Å². The van der Waals surface area contributed by atoms with Crippen molar-refractivity contribution in [2.75, 3.05) is 25.0 Å². The summed E-state index contributed by atoms with van der Waals surface area (Å²) in [7, 11) is 0. The Morgan fingerprint density at radius 1 is 1.31 bits per heavy atom. The van der Waals surface area contributed by atoms with E-state index in [4.69, 9.17) is 4.98 Å². The van der Waals surface area contributed by atoms with Crippen LogP contribution in [0.15, 0.2) is 24.3 Å². The van der Waals surface area contributed by atoms with E-state index in [-0.39, 0.29) is 11.3 Å². The highest BCUT2D eigenvalue weighted by Gasteiger charge is 2.24. The number of benzene rings is 1. The first-order valence-electron chi connectivity index (χ1n) is 10.2. The SMILES string of the molecule is CC(C)(C)c1nnc(NC(=O)CN2CCC[C@H](Cc3nc4ccccc4[nH]3)C2)s1. The summed E-state index contributed by atoms with van der Waals surface area (Å²) in [5.74, 6) is 1.52. The molecule has 3 heterocycles. The van der Waals surface area contributed by atoms with E-state index < -0.39 is 0 Å². The second-order valence-electron chi connectivity index (χ2n) is 8.86. The van der Waals surface area contributed by atoms with E-state index in [1.165, 1.54) is 17.8 Å². The molecule has 1 amide bonds. The molecule has 0 saturated carbocycles. The monoisotopic (exact) mass is 412 g/mol. The van der Waals surface area contributed by atoms with Crippen LogP contribution in [-0.4, -0.2) is 50.6 Å². The summed E-state index contributed by atoms with van der Waals surface area (Å²) in [6, 6.07) is 8.12. The van der Waals surface area contributed by atoms with Crippen molar-refractivity contribution < 1.29 is 4.79 Å². The number of nitrogens with one attached hydrogen (secondary N) is 2. The Hall–Kier alpha value is -2.32. The van der Waals surface area contributed by atoms with Gasteiger partial charge in [0.1, 0.15) is 10.8 Å². The molecule has 154 valence electrons. The van der Waals surface area contributed by atoms with Crippen LogP contribution in [0.4, 0.5) is 5.13 Å². The van der Waals surface area contributed by atoms with Crippen LogP contribution in [-0.2, 0) is 16.6 Å². The molecule has 0 bridgehead atoms. The maximum absolute atomic E-state index is 12.5. The third kappa shape index (κ3) is 5.00. The zero-order valence-electron chi connectivity index (χ0n) is 17.2. The number of amides is 1. The predicted octanol–water partition coefficient (Wildman–Crippen LogP) is 3.61. The lowest BCUT2D eigenvalue weighted by atomic mass is 9.94. The molecule has 1 atom stereocenters. The van der Waals surface area contributed by atoms with Gasteiger partial charge >= 0.3 is 0 Å². The van der Waals surface area contributed by atoms with Gasteiger partial charge in [0, 0.05) is 18.4 Å². The van der Waals surface area contributed by atoms with Crippen LogP contribution in [0.3, 0.4) is 0 Å². The van der Waals surface area contributed by atoms with Crippen LogP contribution in [0.2, 0.25) is 0 Å². The molecular formula is C21H28N6OS. The number of fused-ring (bicyclic) bond motifs is 1. The lowest BCUT2D eigenvalue weighted by Gasteiger charge is -2.31. The molecule has 0 spiro atoms. The number of aromatic nitrogens is 4. The van der Waals surface area contributed by atoms with Crippen LogP contribution in [0.5, 0.6) is 0 Å². The molecule has 29 heavy (non-hydrogen) atoms. The number of para-hydroxylation sites is 2. The van der Waals surface area contributed by atoms with Crippen LogP contribution in [0, 0.1) is 5.92 Å². The molecule has 2 aromatic heterocycles. The van der Waals surface area contributed by atoms with Crippen molar-refractivity contribution in [2.45, 2.75) is 45.4 Å². The topological polar surface area (TPSA) is 86.8 Å². The Balaban J connectivity index is 1.31. The summed E-state index contributed by atoms with van der Waals surface area (Å²) in [6.45, 7) is 8.53. The largest absolute Gasteiger partial charge is 0.342 e. The van der Waals surface area contributed by atoms with Crippen LogP contribution in [0.25, 0.3) is 11.0 Å². The number of nitrogens with zero attached hydrogens (tertiary/aromatic N) is 4. The van der Waals surface area contributed by atoms with Crippen molar-refractivity contribution in [3.63, 3.8) is 0 Å². The minimum Gasteiger partial charge on any atom is -0.342 e. The van der Waals surface area contributed by atoms with Crippen molar-refractivity contribution in [3.8, 4) is 0 Å². The lowest BCUT2D eigenvalue weighted by Crippen LogP contribution is -2.41. The van der Waals surface area contributed by atoms with E-state index in [0.29, 0.717) is 17.6 Å². The molecular weight excluding hydrogens is 384 g/mol. The number of carbonyl (C=O) groups is 1. The Bertz CT molecular complexity index is 955. The fourth-order valence-electron chi connectivity index (χ4n) is 3.78. The van der Waals surface area contributed by atoms with E-state index in [2.05, 4.69) is 52.2 Å². The quantitative estimate of drug-likeness (QED) is 0.669. The maximum Gasteiger partial charge on any atom is 0.240 e. The molecule has 0 unspecified atom stereocenters. The maximum atomic E-state index is 12.5. The Labute approximate surface area is 174 Å². The molecule has 1 saturated heterocycles. The van der Waals surface area contributed by atoms with Gasteiger partial charge in [-0.3, -0.25) is 15.0 Å². The average molecular weight is 413 g/mol. The first kappa shape index (κ1) is 20.0. The van der Waals surface area contributed by atoms with Crippen LogP contribution >= 0.6 is 11.3 Å². The van der Waals surface area contributed by atoms with Gasteiger partial charge in [0.2, 0.25) is 11.0 Å². The molecule has 0 radical (unpaired) electrons. The first-order valence-corrected chi connectivity index (χ1v) is 11.0. The second-order valence-corrected chi connectivity index (χ2v) is 9.84. The highest BCUT2D eigenvalue weighted by atomic mass is 32.1. The Kier molecular flexibility index (Phi) is 5.65. The van der Waals surface area contributed by atoms with Crippen molar-refractivity contribution in [3.05, 3.63) is 35.1 Å². The molecule has 1 aromatic carbocycles. The number of aromatic amines is 1. The first-order chi connectivity index (χ1) is 13.9. The van der Waals surface area contributed by atoms with Gasteiger partial charge in [-0.2, -0.15) is 0 Å². The van der Waals surface area contributed by atoms with Crippen LogP contribution in [0.1, 0.15) is 44.4 Å². The predicted molar refractivity (Wildman–Crippen MR) is 116 cm³/mol. The molecule has 1 fully saturated rings. The molecule has 3 aromatic rings. The average Bonchev–Trinajstić information content (AvgIpc) is 3.28. The summed E-state index contributed by atoms with van der Waals surface area (Å²) in [6.07, 6.45) is 3.18. The van der Waals surface area contributed by atoms with Crippen molar-refractivity contribution in [1.29, 1.82) is 0 Å². The number of rotatable bonds is 5. The summed E-state index contributed by atoms with van der Waals surface area (Å²) >= 11 is 1.45. The molecule has 1 aliphatic heterocycles. The highest BCUT2D eigenvalue weighted by molar-refractivity contribution is 7.15. The van der Waals surface area contributed by atoms with Gasteiger partial charge in [0.25, 0.3) is 0 Å². The van der Waals surface area contributed by atoms with Gasteiger partial charge in [-0.05, 0) is 37.4 Å². The number of piperidine rings is 1. The highest BCUT2D eigenvalue weighted by Crippen LogP contribution is 2.27. The van der Waals surface area contributed by atoms with Crippen molar-refractivity contribution in [2.24, 2.45) is 5.92 Å². The van der Waals surface area contributed by atoms with Gasteiger partial charge in [0.05, 0.1) is 17.6 Å². The zero-order chi connectivity index (χ0) is 20.4. The van der Waals surface area contributed by atoms with Gasteiger partial charge in [-0.1, -0.05) is 44.2 Å². The van der Waals surface area contributed by atoms with Crippen molar-refractivity contribution in [1.82, 2.24) is 25.1 Å². The minimum atomic E-state index is -0.0581. The zero-order valence-corrected chi connectivity index (χ0v) is 18.1. The molecule has 0 aliphatic carbocycles. The van der Waals surface area contributed by atoms with Crippen LogP contribution < -0.4 is 5.32 Å². The molecule has 7 nitrogen and oxygen atoms in total. The Morgan fingerprint density at radius 3 is 2.90 bits per heavy atom. The number of hydrogen-bond donors (Lipinski definition) is 2. The Morgan fingerprint density at radius 2 is 2.14 bits per heavy atom. The van der Waals surface area contributed by atoms with Crippen molar-refractivity contribution >= 4 is 33.4 Å². The third-order valence-corrected chi connectivity index (χ3v) is 6.47. The number of hydrogen-bond acceptors (Lipinski definition) is 6. The number of carbonyl (C=O) groups excluding carboxylic acids is 1. The summed E-state index contributed by atoms with van der Waals surface area (Å²) in [5, 5.41) is 12.7. The van der Waals surface area contributed by atoms with E-state index in [1.807, 2.05) is 18.2 Å². The van der Waals surface area contributed by atoms with E-state index in [1.54, 1.807) is 0 Å². The fourth-order valence-corrected chi connectivity index (χ4v) is 4.59. The summed E-state index contributed by atoms with van der Waals surface area (Å²) < 4.78 is 0. The molecule has 1 aliphatic rings. The second kappa shape index (κ2) is 8.20. The third-order valence-electron chi connectivity index (χ3n) is 5.20. The molecule has 2 N–H and O–H groups in total. The lowest BCUT2D eigenvalue weighted by molar-refractivity contribution is -0.117. The number of H-pyrrole nitrogens is 1. The van der Waals surface area contributed by atoms with E-state index in [0.717, 1.165) is 47.8 Å². The number of anilines is 1. The van der Waals surface area contributed by atoms with Gasteiger partial charge in [-0.25, -0.2) is 4.98 Å². The van der Waals surface area contributed by atoms with E-state index >= 15 is 0 Å². The number of imidazole rings is 1. The standard InChI is InChI=1S/C21H28N6OS/c1-21(2,3)19-25-26-20(29-19)24-18(28)13-27-10-6-7-14(12-27)11-17-22-15-8-4-5-9-16(15)23-17/h4-5,8-9,14H,6-7,10-13H2,1-3H3,(H,22,23)(H,24,26,28)/t14-/m1/s1. The smallest absolute Gasteiger partial charge is 0.240 e. The number of likely N-dealkylation sites (tertiary alicyclic amines) is 1.